The summed E-state index contributed by atoms with van der Waals surface area (Å²) in [6.45, 7) is 0.591. The number of rotatable bonds is 2. The Hall–Kier alpha value is -2.37. The first-order valence-electron chi connectivity index (χ1n) is 5.05. The molecule has 2 rings (SSSR count). The van der Waals surface area contributed by atoms with Crippen molar-refractivity contribution in [3.8, 4) is 0 Å². The minimum absolute atomic E-state index is 0.0920. The molecule has 1 aliphatic heterocycles. The average molecular weight is 233 g/mol. The van der Waals surface area contributed by atoms with Crippen LogP contribution < -0.4 is 10.6 Å². The molecule has 1 aromatic rings. The Balaban J connectivity index is 2.25. The van der Waals surface area contributed by atoms with Crippen LogP contribution in [0.25, 0.3) is 6.08 Å². The lowest BCUT2D eigenvalue weighted by Gasteiger charge is -2.05. The van der Waals surface area contributed by atoms with Gasteiger partial charge in [0.25, 0.3) is 0 Å². The zero-order valence-corrected chi connectivity index (χ0v) is 8.93. The lowest BCUT2D eigenvalue weighted by molar-refractivity contribution is -0.131. The van der Waals surface area contributed by atoms with Gasteiger partial charge in [-0.1, -0.05) is 0 Å². The summed E-state index contributed by atoms with van der Waals surface area (Å²) in [5, 5.41) is 14.1. The van der Waals surface area contributed by atoms with Gasteiger partial charge in [0.1, 0.15) is 5.82 Å². The molecule has 0 aliphatic carbocycles. The monoisotopic (exact) mass is 233 g/mol. The van der Waals surface area contributed by atoms with Crippen LogP contribution in [0.2, 0.25) is 0 Å². The van der Waals surface area contributed by atoms with Crippen LogP contribution in [-0.2, 0) is 16.1 Å². The van der Waals surface area contributed by atoms with Gasteiger partial charge < -0.3 is 15.7 Å². The predicted octanol–water partition coefficient (Wildman–Crippen LogP) is 0.221. The number of hydrogen-bond acceptors (Lipinski definition) is 4. The highest BCUT2D eigenvalue weighted by molar-refractivity contribution is 5.85. The first kappa shape index (κ1) is 11.1. The number of hydrogen-bond donors (Lipinski definition) is 3. The third-order valence-corrected chi connectivity index (χ3v) is 2.30. The van der Waals surface area contributed by atoms with Crippen LogP contribution >= 0.6 is 0 Å². The summed E-state index contributed by atoms with van der Waals surface area (Å²) in [5.74, 6) is -0.451. The van der Waals surface area contributed by atoms with Crippen LogP contribution in [0.3, 0.4) is 0 Å². The molecule has 3 N–H and O–H groups in total. The summed E-state index contributed by atoms with van der Waals surface area (Å²) >= 11 is 0. The number of carbonyl (C=O) groups is 2. The molecule has 1 amide bonds. The number of amides is 1. The van der Waals surface area contributed by atoms with Crippen molar-refractivity contribution in [2.45, 2.75) is 6.54 Å². The van der Waals surface area contributed by atoms with E-state index in [0.29, 0.717) is 17.9 Å². The Morgan fingerprint density at radius 1 is 1.41 bits per heavy atom. The number of carboxylic acids is 1. The SMILES string of the molecule is O=C(O)C=Cc1cnc2c(c1)CNC(=O)CN2. The molecule has 0 atom stereocenters. The van der Waals surface area contributed by atoms with E-state index in [2.05, 4.69) is 15.6 Å². The van der Waals surface area contributed by atoms with Gasteiger partial charge in [0.2, 0.25) is 5.91 Å². The van der Waals surface area contributed by atoms with Crippen molar-refractivity contribution in [3.05, 3.63) is 29.5 Å². The van der Waals surface area contributed by atoms with E-state index in [1.807, 2.05) is 0 Å². The van der Waals surface area contributed by atoms with Gasteiger partial charge in [-0.15, -0.1) is 0 Å². The van der Waals surface area contributed by atoms with Crippen molar-refractivity contribution in [2.75, 3.05) is 11.9 Å². The number of carboxylic acid groups (broad SMARTS) is 1. The Labute approximate surface area is 97.4 Å². The van der Waals surface area contributed by atoms with Crippen molar-refractivity contribution >= 4 is 23.8 Å². The molecule has 0 radical (unpaired) electrons. The number of pyridine rings is 1. The zero-order chi connectivity index (χ0) is 12.3. The lowest BCUT2D eigenvalue weighted by atomic mass is 10.1. The topological polar surface area (TPSA) is 91.3 Å². The summed E-state index contributed by atoms with van der Waals surface area (Å²) in [4.78, 5) is 25.7. The number of nitrogens with one attached hydrogen (secondary N) is 2. The fourth-order valence-corrected chi connectivity index (χ4v) is 1.50. The number of aliphatic carboxylic acids is 1. The van der Waals surface area contributed by atoms with Crippen LogP contribution in [0.4, 0.5) is 5.82 Å². The maximum Gasteiger partial charge on any atom is 0.328 e. The van der Waals surface area contributed by atoms with E-state index in [-0.39, 0.29) is 12.5 Å². The summed E-state index contributed by atoms with van der Waals surface area (Å²) in [5.41, 5.74) is 1.52. The quantitative estimate of drug-likeness (QED) is 0.636. The smallest absolute Gasteiger partial charge is 0.328 e. The number of anilines is 1. The highest BCUT2D eigenvalue weighted by Gasteiger charge is 2.12. The zero-order valence-electron chi connectivity index (χ0n) is 8.93. The lowest BCUT2D eigenvalue weighted by Crippen LogP contribution is -2.25. The third kappa shape index (κ3) is 2.81. The molecule has 1 aromatic heterocycles. The van der Waals surface area contributed by atoms with Crippen LogP contribution in [0.1, 0.15) is 11.1 Å². The second-order valence-corrected chi connectivity index (χ2v) is 3.58. The Morgan fingerprint density at radius 2 is 2.24 bits per heavy atom. The molecule has 0 saturated heterocycles. The first-order chi connectivity index (χ1) is 8.15. The second kappa shape index (κ2) is 4.65. The van der Waals surface area contributed by atoms with E-state index < -0.39 is 5.97 Å². The van der Waals surface area contributed by atoms with Crippen molar-refractivity contribution in [1.29, 1.82) is 0 Å². The van der Waals surface area contributed by atoms with Crippen molar-refractivity contribution in [1.82, 2.24) is 10.3 Å². The molecule has 0 bridgehead atoms. The van der Waals surface area contributed by atoms with Gasteiger partial charge in [-0.2, -0.15) is 0 Å². The van der Waals surface area contributed by atoms with Crippen LogP contribution in [0, 0.1) is 0 Å². The maximum absolute atomic E-state index is 11.2. The Kier molecular flexibility index (Phi) is 3.04. The van der Waals surface area contributed by atoms with Gasteiger partial charge in [0, 0.05) is 24.4 Å². The number of nitrogens with zero attached hydrogens (tertiary/aromatic N) is 1. The second-order valence-electron chi connectivity index (χ2n) is 3.58. The molecule has 0 aromatic carbocycles. The van der Waals surface area contributed by atoms with Gasteiger partial charge in [-0.3, -0.25) is 4.79 Å². The van der Waals surface area contributed by atoms with Crippen LogP contribution in [0.15, 0.2) is 18.3 Å². The molecule has 1 aliphatic rings. The molecule has 0 spiro atoms. The number of carbonyl (C=O) groups excluding carboxylic acids is 1. The Bertz CT molecular complexity index is 497. The molecule has 88 valence electrons. The van der Waals surface area contributed by atoms with Crippen molar-refractivity contribution in [2.24, 2.45) is 0 Å². The molecule has 0 unspecified atom stereocenters. The minimum atomic E-state index is -1.01. The van der Waals surface area contributed by atoms with Gasteiger partial charge in [0.15, 0.2) is 0 Å². The molecule has 6 nitrogen and oxygen atoms in total. The summed E-state index contributed by atoms with van der Waals surface area (Å²) in [7, 11) is 0. The summed E-state index contributed by atoms with van der Waals surface area (Å²) in [6, 6.07) is 1.79. The molecule has 2 heterocycles. The summed E-state index contributed by atoms with van der Waals surface area (Å²) in [6.07, 6.45) is 4.06. The molecule has 17 heavy (non-hydrogen) atoms. The number of aromatic nitrogens is 1. The number of fused-ring (bicyclic) bond motifs is 1. The van der Waals surface area contributed by atoms with E-state index in [0.717, 1.165) is 11.6 Å². The molecular weight excluding hydrogens is 222 g/mol. The van der Waals surface area contributed by atoms with E-state index >= 15 is 0 Å². The molecule has 6 heteroatoms. The minimum Gasteiger partial charge on any atom is -0.478 e. The molecule has 0 saturated carbocycles. The largest absolute Gasteiger partial charge is 0.478 e. The highest BCUT2D eigenvalue weighted by atomic mass is 16.4. The fraction of sp³-hybridized carbons (Fsp3) is 0.182. The van der Waals surface area contributed by atoms with Gasteiger partial charge >= 0.3 is 5.97 Å². The third-order valence-electron chi connectivity index (χ3n) is 2.30. The van der Waals surface area contributed by atoms with E-state index in [1.54, 1.807) is 12.3 Å². The van der Waals surface area contributed by atoms with Crippen LogP contribution in [0.5, 0.6) is 0 Å². The summed E-state index contributed by atoms with van der Waals surface area (Å²) < 4.78 is 0. The van der Waals surface area contributed by atoms with Gasteiger partial charge in [-0.25, -0.2) is 9.78 Å². The van der Waals surface area contributed by atoms with Crippen molar-refractivity contribution in [3.63, 3.8) is 0 Å². The maximum atomic E-state index is 11.2. The first-order valence-corrected chi connectivity index (χ1v) is 5.05. The molecular formula is C11H11N3O3. The highest BCUT2D eigenvalue weighted by Crippen LogP contribution is 2.16. The van der Waals surface area contributed by atoms with E-state index in [9.17, 15) is 9.59 Å². The standard InChI is InChI=1S/C11H11N3O3/c15-9-6-14-11-8(5-12-9)3-7(4-13-11)1-2-10(16)17/h1-4H,5-6H2,(H,12,15)(H,13,14)(H,16,17). The Morgan fingerprint density at radius 3 is 3.00 bits per heavy atom. The van der Waals surface area contributed by atoms with Crippen molar-refractivity contribution < 1.29 is 14.7 Å². The fourth-order valence-electron chi connectivity index (χ4n) is 1.50. The normalized spacial score (nSPS) is 14.7. The average Bonchev–Trinajstić information content (AvgIpc) is 2.49. The predicted molar refractivity (Wildman–Crippen MR) is 61.2 cm³/mol. The van der Waals surface area contributed by atoms with Crippen LogP contribution in [-0.4, -0.2) is 28.5 Å². The van der Waals surface area contributed by atoms with E-state index in [1.165, 1.54) is 6.08 Å². The van der Waals surface area contributed by atoms with E-state index in [4.69, 9.17) is 5.11 Å². The van der Waals surface area contributed by atoms with Gasteiger partial charge in [-0.05, 0) is 17.7 Å². The van der Waals surface area contributed by atoms with Gasteiger partial charge in [0.05, 0.1) is 6.54 Å². The molecule has 0 fully saturated rings.